The van der Waals surface area contributed by atoms with Gasteiger partial charge in [-0.3, -0.25) is 15.3 Å². The maximum Gasteiger partial charge on any atom is 0.313 e. The molecule has 0 saturated carbocycles. The zero-order valence-electron chi connectivity index (χ0n) is 32.6. The van der Waals surface area contributed by atoms with Crippen LogP contribution >= 0.6 is 0 Å². The van der Waals surface area contributed by atoms with E-state index in [-0.39, 0.29) is 11.9 Å². The molecular formula is C43H82N2O3. The number of carbonyl (C=O) groups excluding carboxylic acids is 2. The Hall–Kier alpha value is -1.62. The number of allylic oxidation sites excluding steroid dienone is 4. The van der Waals surface area contributed by atoms with E-state index in [4.69, 9.17) is 10.5 Å². The van der Waals surface area contributed by atoms with Gasteiger partial charge in [-0.25, -0.2) is 0 Å². The summed E-state index contributed by atoms with van der Waals surface area (Å²) in [5.41, 5.74) is 5.40. The summed E-state index contributed by atoms with van der Waals surface area (Å²) in [5, 5.41) is 3.03. The van der Waals surface area contributed by atoms with E-state index in [9.17, 15) is 9.59 Å². The van der Waals surface area contributed by atoms with Gasteiger partial charge >= 0.3 is 5.97 Å². The maximum absolute atomic E-state index is 12.7. The van der Waals surface area contributed by atoms with E-state index in [1.165, 1.54) is 148 Å². The molecule has 1 unspecified atom stereocenters. The number of nitrogens with two attached hydrogens (primary N) is 1. The highest BCUT2D eigenvalue weighted by molar-refractivity contribution is 5.79. The molecule has 0 saturated heterocycles. The molecule has 0 spiro atoms. The minimum atomic E-state index is -0.721. The van der Waals surface area contributed by atoms with Crippen molar-refractivity contribution in [3.63, 3.8) is 0 Å². The van der Waals surface area contributed by atoms with Crippen LogP contribution in [0.1, 0.15) is 220 Å². The molecule has 0 aromatic heterocycles. The summed E-state index contributed by atoms with van der Waals surface area (Å²) >= 11 is 0. The van der Waals surface area contributed by atoms with E-state index < -0.39 is 11.6 Å². The van der Waals surface area contributed by atoms with Gasteiger partial charge in [0.2, 0.25) is 5.91 Å². The van der Waals surface area contributed by atoms with Crippen LogP contribution in [0.3, 0.4) is 0 Å². The van der Waals surface area contributed by atoms with Gasteiger partial charge < -0.3 is 10.1 Å². The third-order valence-corrected chi connectivity index (χ3v) is 9.55. The minimum absolute atomic E-state index is 0.0150. The molecule has 0 aliphatic carbocycles. The first-order valence-electron chi connectivity index (χ1n) is 20.9. The number of hydrogen-bond acceptors (Lipinski definition) is 4. The number of rotatable bonds is 36. The molecule has 1 amide bonds. The average molecular weight is 675 g/mol. The zero-order chi connectivity index (χ0) is 35.4. The quantitative estimate of drug-likeness (QED) is 0.0300. The molecule has 0 aromatic carbocycles. The number of amides is 1. The van der Waals surface area contributed by atoms with Gasteiger partial charge in [0.15, 0.2) is 6.23 Å². The highest BCUT2D eigenvalue weighted by atomic mass is 16.6. The molecular weight excluding hydrogens is 592 g/mol. The molecule has 0 heterocycles. The van der Waals surface area contributed by atoms with Crippen LogP contribution in [0, 0.1) is 5.41 Å². The fourth-order valence-corrected chi connectivity index (χ4v) is 5.99. The van der Waals surface area contributed by atoms with Crippen molar-refractivity contribution in [3.8, 4) is 0 Å². The molecule has 0 aliphatic rings. The van der Waals surface area contributed by atoms with Crippen molar-refractivity contribution in [1.82, 2.24) is 5.32 Å². The molecule has 48 heavy (non-hydrogen) atoms. The highest BCUT2D eigenvalue weighted by Gasteiger charge is 2.31. The lowest BCUT2D eigenvalue weighted by Gasteiger charge is -2.24. The SMILES string of the molecule is CCCCCCCC/C=C\CCCCCCCCNC(=O)CCC(C)(C)C(=O)OC(N)CCCCCCC/C=C\CCCCCCCC. The van der Waals surface area contributed by atoms with Gasteiger partial charge in [-0.1, -0.05) is 147 Å². The number of ether oxygens (including phenoxy) is 1. The summed E-state index contributed by atoms with van der Waals surface area (Å²) in [4.78, 5) is 25.1. The number of nitrogens with one attached hydrogen (secondary N) is 1. The first-order valence-corrected chi connectivity index (χ1v) is 20.9. The molecule has 1 atom stereocenters. The Morgan fingerprint density at radius 1 is 0.583 bits per heavy atom. The fourth-order valence-electron chi connectivity index (χ4n) is 5.99. The summed E-state index contributed by atoms with van der Waals surface area (Å²) in [6.45, 7) is 8.95. The van der Waals surface area contributed by atoms with Crippen molar-refractivity contribution in [2.45, 2.75) is 227 Å². The lowest BCUT2D eigenvalue weighted by atomic mass is 9.87. The lowest BCUT2D eigenvalue weighted by Crippen LogP contribution is -2.36. The molecule has 5 nitrogen and oxygen atoms in total. The summed E-state index contributed by atoms with van der Waals surface area (Å²) in [6.07, 6.45) is 44.7. The van der Waals surface area contributed by atoms with E-state index in [1.807, 2.05) is 13.8 Å². The Kier molecular flexibility index (Phi) is 34.0. The first-order chi connectivity index (χ1) is 23.3. The molecule has 282 valence electrons. The van der Waals surface area contributed by atoms with E-state index in [1.54, 1.807) is 0 Å². The van der Waals surface area contributed by atoms with E-state index >= 15 is 0 Å². The summed E-state index contributed by atoms with van der Waals surface area (Å²) in [7, 11) is 0. The third-order valence-electron chi connectivity index (χ3n) is 9.55. The van der Waals surface area contributed by atoms with Gasteiger partial charge in [0, 0.05) is 13.0 Å². The van der Waals surface area contributed by atoms with Crippen molar-refractivity contribution >= 4 is 11.9 Å². The Bertz CT molecular complexity index is 776. The van der Waals surface area contributed by atoms with Crippen LogP contribution in [0.25, 0.3) is 0 Å². The summed E-state index contributed by atoms with van der Waals surface area (Å²) < 4.78 is 5.56. The topological polar surface area (TPSA) is 81.4 Å². The van der Waals surface area contributed by atoms with Crippen molar-refractivity contribution in [2.24, 2.45) is 11.1 Å². The normalized spacial score (nSPS) is 12.7. The van der Waals surface area contributed by atoms with Gasteiger partial charge in [-0.05, 0) is 90.9 Å². The minimum Gasteiger partial charge on any atom is -0.446 e. The van der Waals surface area contributed by atoms with Crippen molar-refractivity contribution in [2.75, 3.05) is 6.54 Å². The van der Waals surface area contributed by atoms with Gasteiger partial charge in [0.05, 0.1) is 5.41 Å². The summed E-state index contributed by atoms with van der Waals surface area (Å²) in [6, 6.07) is 0. The standard InChI is InChI=1S/C43H82N2O3/c1-5-7-9-11-13-15-17-19-21-23-25-27-29-31-33-35-39-45-41(46)37-38-43(3,4)42(47)48-40(44)36-34-32-30-28-26-24-22-20-18-16-14-12-10-8-6-2/h19-22,40H,5-18,23-39,44H2,1-4H3,(H,45,46)/b21-19-,22-20-. The molecule has 3 N–H and O–H groups in total. The van der Waals surface area contributed by atoms with Crippen LogP contribution in [0.5, 0.6) is 0 Å². The molecule has 0 bridgehead atoms. The van der Waals surface area contributed by atoms with E-state index in [2.05, 4.69) is 43.5 Å². The maximum atomic E-state index is 12.7. The fraction of sp³-hybridized carbons (Fsp3) is 0.860. The molecule has 0 fully saturated rings. The van der Waals surface area contributed by atoms with Crippen molar-refractivity contribution in [1.29, 1.82) is 0 Å². The molecule has 0 rings (SSSR count). The Morgan fingerprint density at radius 3 is 1.40 bits per heavy atom. The average Bonchev–Trinajstić information content (AvgIpc) is 3.07. The zero-order valence-corrected chi connectivity index (χ0v) is 32.6. The smallest absolute Gasteiger partial charge is 0.313 e. The second-order valence-corrected chi connectivity index (χ2v) is 15.0. The second kappa shape index (κ2) is 35.2. The second-order valence-electron chi connectivity index (χ2n) is 15.0. The van der Waals surface area contributed by atoms with Crippen LogP contribution in [0.2, 0.25) is 0 Å². The highest BCUT2D eigenvalue weighted by Crippen LogP contribution is 2.25. The van der Waals surface area contributed by atoms with E-state index in [0.717, 1.165) is 25.7 Å². The number of unbranched alkanes of at least 4 members (excludes halogenated alkanes) is 23. The molecule has 5 heteroatoms. The van der Waals surface area contributed by atoms with Gasteiger partial charge in [0.1, 0.15) is 0 Å². The van der Waals surface area contributed by atoms with Gasteiger partial charge in [0.25, 0.3) is 0 Å². The Balaban J connectivity index is 3.67. The Morgan fingerprint density at radius 2 is 0.958 bits per heavy atom. The number of hydrogen-bond donors (Lipinski definition) is 2. The lowest BCUT2D eigenvalue weighted by molar-refractivity contribution is -0.160. The largest absolute Gasteiger partial charge is 0.446 e. The Labute approximate surface area is 299 Å². The monoisotopic (exact) mass is 675 g/mol. The summed E-state index contributed by atoms with van der Waals surface area (Å²) in [5.74, 6) is -0.287. The van der Waals surface area contributed by atoms with Crippen LogP contribution in [0.15, 0.2) is 24.3 Å². The molecule has 0 aromatic rings. The number of esters is 1. The van der Waals surface area contributed by atoms with Gasteiger partial charge in [-0.2, -0.15) is 0 Å². The molecule has 0 aliphatic heterocycles. The molecule has 0 radical (unpaired) electrons. The predicted octanol–water partition coefficient (Wildman–Crippen LogP) is 12.8. The van der Waals surface area contributed by atoms with Crippen LogP contribution in [-0.4, -0.2) is 24.6 Å². The van der Waals surface area contributed by atoms with Crippen LogP contribution in [0.4, 0.5) is 0 Å². The third kappa shape index (κ3) is 32.9. The van der Waals surface area contributed by atoms with E-state index in [0.29, 0.717) is 25.8 Å². The van der Waals surface area contributed by atoms with Gasteiger partial charge in [-0.15, -0.1) is 0 Å². The number of carbonyl (C=O) groups is 2. The first kappa shape index (κ1) is 46.4. The van der Waals surface area contributed by atoms with Crippen LogP contribution in [-0.2, 0) is 14.3 Å². The predicted molar refractivity (Wildman–Crippen MR) is 209 cm³/mol. The van der Waals surface area contributed by atoms with Crippen molar-refractivity contribution in [3.05, 3.63) is 24.3 Å². The van der Waals surface area contributed by atoms with Crippen LogP contribution < -0.4 is 11.1 Å². The van der Waals surface area contributed by atoms with Crippen molar-refractivity contribution < 1.29 is 14.3 Å².